The minimum atomic E-state index is -0.118. The van der Waals surface area contributed by atoms with E-state index in [1.165, 1.54) is 23.8 Å². The van der Waals surface area contributed by atoms with Crippen molar-refractivity contribution in [1.29, 1.82) is 0 Å². The summed E-state index contributed by atoms with van der Waals surface area (Å²) in [6.45, 7) is 4.24. The molecule has 0 heterocycles. The Bertz CT molecular complexity index is 480. The predicted molar refractivity (Wildman–Crippen MR) is 88.1 cm³/mol. The zero-order valence-electron chi connectivity index (χ0n) is 13.4. The molecular weight excluding hydrogens is 260 g/mol. The minimum absolute atomic E-state index is 0.118. The summed E-state index contributed by atoms with van der Waals surface area (Å²) < 4.78 is 4.65. The molecule has 0 atom stereocenters. The van der Waals surface area contributed by atoms with Gasteiger partial charge in [0.1, 0.15) is 0 Å². The van der Waals surface area contributed by atoms with Gasteiger partial charge in [0, 0.05) is 6.42 Å². The highest BCUT2D eigenvalue weighted by molar-refractivity contribution is 5.68. The van der Waals surface area contributed by atoms with E-state index in [0.717, 1.165) is 25.7 Å². The number of carbonyl (C=O) groups is 1. The van der Waals surface area contributed by atoms with E-state index in [4.69, 9.17) is 0 Å². The lowest BCUT2D eigenvalue weighted by atomic mass is 10.0. The number of ether oxygens (including phenoxy) is 1. The Morgan fingerprint density at radius 3 is 2.48 bits per heavy atom. The number of unbranched alkanes of at least 4 members (excludes halogenated alkanes) is 2. The topological polar surface area (TPSA) is 26.3 Å². The van der Waals surface area contributed by atoms with Crippen LogP contribution >= 0.6 is 0 Å². The van der Waals surface area contributed by atoms with Crippen LogP contribution in [0.1, 0.15) is 45.1 Å². The largest absolute Gasteiger partial charge is 0.469 e. The molecule has 2 nitrogen and oxygen atoms in total. The molecule has 1 rings (SSSR count). The summed E-state index contributed by atoms with van der Waals surface area (Å²) in [5.41, 5.74) is 3.99. The van der Waals surface area contributed by atoms with E-state index in [0.29, 0.717) is 6.42 Å². The van der Waals surface area contributed by atoms with E-state index in [1.54, 1.807) is 0 Å². The molecule has 1 aromatic carbocycles. The van der Waals surface area contributed by atoms with Crippen LogP contribution in [0.25, 0.3) is 0 Å². The van der Waals surface area contributed by atoms with Crippen molar-refractivity contribution in [2.75, 3.05) is 7.11 Å². The number of hydrogen-bond donors (Lipinski definition) is 0. The first-order valence-electron chi connectivity index (χ1n) is 7.56. The fourth-order valence-electron chi connectivity index (χ4n) is 2.19. The Morgan fingerprint density at radius 1 is 1.14 bits per heavy atom. The fraction of sp³-hybridized carbons (Fsp3) is 0.421. The number of rotatable bonds is 8. The monoisotopic (exact) mass is 286 g/mol. The molecule has 2 heteroatoms. The summed E-state index contributed by atoms with van der Waals surface area (Å²) in [6, 6.07) is 10.5. The first-order valence-corrected chi connectivity index (χ1v) is 7.56. The SMILES string of the molecule is COC(=O)CCCC/C=C(/C=C(C)C)Cc1ccccc1. The molecular formula is C19H26O2. The molecule has 0 spiro atoms. The molecule has 21 heavy (non-hydrogen) atoms. The maximum absolute atomic E-state index is 11.0. The van der Waals surface area contributed by atoms with Gasteiger partial charge in [0.25, 0.3) is 0 Å². The predicted octanol–water partition coefficient (Wildman–Crippen LogP) is 4.86. The Morgan fingerprint density at radius 2 is 1.86 bits per heavy atom. The fourth-order valence-corrected chi connectivity index (χ4v) is 2.19. The minimum Gasteiger partial charge on any atom is -0.469 e. The summed E-state index contributed by atoms with van der Waals surface area (Å²) in [5.74, 6) is -0.118. The van der Waals surface area contributed by atoms with E-state index in [-0.39, 0.29) is 5.97 Å². The molecule has 0 unspecified atom stereocenters. The molecule has 0 aromatic heterocycles. The Hall–Kier alpha value is -1.83. The maximum Gasteiger partial charge on any atom is 0.305 e. The number of methoxy groups -OCH3 is 1. The average molecular weight is 286 g/mol. The van der Waals surface area contributed by atoms with Crippen LogP contribution in [-0.4, -0.2) is 13.1 Å². The van der Waals surface area contributed by atoms with Crippen LogP contribution < -0.4 is 0 Å². The summed E-state index contributed by atoms with van der Waals surface area (Å²) in [6.07, 6.45) is 8.91. The van der Waals surface area contributed by atoms with Crippen LogP contribution in [-0.2, 0) is 16.0 Å². The average Bonchev–Trinajstić information content (AvgIpc) is 2.47. The summed E-state index contributed by atoms with van der Waals surface area (Å²) in [4.78, 5) is 11.0. The zero-order valence-corrected chi connectivity index (χ0v) is 13.4. The van der Waals surface area contributed by atoms with Gasteiger partial charge in [-0.2, -0.15) is 0 Å². The van der Waals surface area contributed by atoms with E-state index in [1.807, 2.05) is 6.07 Å². The van der Waals surface area contributed by atoms with Gasteiger partial charge < -0.3 is 4.74 Å². The normalized spacial score (nSPS) is 11.1. The third kappa shape index (κ3) is 8.13. The van der Waals surface area contributed by atoms with Crippen molar-refractivity contribution in [2.24, 2.45) is 0 Å². The molecule has 1 aromatic rings. The molecule has 114 valence electrons. The third-order valence-electron chi connectivity index (χ3n) is 3.19. The molecule has 0 aliphatic rings. The van der Waals surface area contributed by atoms with Gasteiger partial charge in [0.05, 0.1) is 7.11 Å². The molecule has 0 radical (unpaired) electrons. The third-order valence-corrected chi connectivity index (χ3v) is 3.19. The highest BCUT2D eigenvalue weighted by atomic mass is 16.5. The number of esters is 1. The molecule has 0 fully saturated rings. The van der Waals surface area contributed by atoms with E-state index in [2.05, 4.69) is 55.0 Å². The van der Waals surface area contributed by atoms with Gasteiger partial charge in [0.2, 0.25) is 0 Å². The number of carbonyl (C=O) groups excluding carboxylic acids is 1. The molecule has 0 amide bonds. The second kappa shape index (κ2) is 9.98. The van der Waals surface area contributed by atoms with Crippen LogP contribution in [0.2, 0.25) is 0 Å². The quantitative estimate of drug-likeness (QED) is 0.388. The van der Waals surface area contributed by atoms with E-state index >= 15 is 0 Å². The van der Waals surface area contributed by atoms with Crippen LogP contribution in [0.4, 0.5) is 0 Å². The van der Waals surface area contributed by atoms with Crippen LogP contribution in [0.3, 0.4) is 0 Å². The molecule has 0 aliphatic carbocycles. The number of benzene rings is 1. The lowest BCUT2D eigenvalue weighted by molar-refractivity contribution is -0.140. The maximum atomic E-state index is 11.0. The lowest BCUT2D eigenvalue weighted by Gasteiger charge is -2.05. The van der Waals surface area contributed by atoms with Gasteiger partial charge in [-0.3, -0.25) is 4.79 Å². The number of allylic oxidation sites excluding steroid dienone is 4. The molecule has 0 aliphatic heterocycles. The van der Waals surface area contributed by atoms with Crippen LogP contribution in [0.15, 0.2) is 53.6 Å². The van der Waals surface area contributed by atoms with Crippen LogP contribution in [0, 0.1) is 0 Å². The van der Waals surface area contributed by atoms with Crippen molar-refractivity contribution in [2.45, 2.75) is 46.0 Å². The van der Waals surface area contributed by atoms with Crippen molar-refractivity contribution in [1.82, 2.24) is 0 Å². The summed E-state index contributed by atoms with van der Waals surface area (Å²) >= 11 is 0. The van der Waals surface area contributed by atoms with Gasteiger partial charge in [0.15, 0.2) is 0 Å². The first kappa shape index (κ1) is 17.2. The Kier molecular flexibility index (Phi) is 8.18. The number of hydrogen-bond acceptors (Lipinski definition) is 2. The van der Waals surface area contributed by atoms with Crippen molar-refractivity contribution in [3.8, 4) is 0 Å². The Labute approximate surface area is 128 Å². The van der Waals surface area contributed by atoms with Crippen molar-refractivity contribution < 1.29 is 9.53 Å². The van der Waals surface area contributed by atoms with Gasteiger partial charge in [-0.15, -0.1) is 0 Å². The Balaban J connectivity index is 2.51. The summed E-state index contributed by atoms with van der Waals surface area (Å²) in [5, 5.41) is 0. The first-order chi connectivity index (χ1) is 10.1. The van der Waals surface area contributed by atoms with Crippen molar-refractivity contribution in [3.05, 3.63) is 59.2 Å². The van der Waals surface area contributed by atoms with Gasteiger partial charge >= 0.3 is 5.97 Å². The summed E-state index contributed by atoms with van der Waals surface area (Å²) in [7, 11) is 1.44. The van der Waals surface area contributed by atoms with E-state index < -0.39 is 0 Å². The van der Waals surface area contributed by atoms with E-state index in [9.17, 15) is 4.79 Å². The second-order valence-electron chi connectivity index (χ2n) is 5.49. The molecule has 0 saturated heterocycles. The van der Waals surface area contributed by atoms with Crippen molar-refractivity contribution >= 4 is 5.97 Å². The smallest absolute Gasteiger partial charge is 0.305 e. The van der Waals surface area contributed by atoms with Crippen molar-refractivity contribution in [3.63, 3.8) is 0 Å². The second-order valence-corrected chi connectivity index (χ2v) is 5.49. The van der Waals surface area contributed by atoms with Gasteiger partial charge in [-0.05, 0) is 50.7 Å². The molecule has 0 saturated carbocycles. The van der Waals surface area contributed by atoms with Gasteiger partial charge in [-0.1, -0.05) is 48.1 Å². The molecule has 0 bridgehead atoms. The highest BCUT2D eigenvalue weighted by Crippen LogP contribution is 2.13. The lowest BCUT2D eigenvalue weighted by Crippen LogP contribution is -1.99. The zero-order chi connectivity index (χ0) is 15.5. The van der Waals surface area contributed by atoms with Crippen LogP contribution in [0.5, 0.6) is 0 Å². The van der Waals surface area contributed by atoms with Gasteiger partial charge in [-0.25, -0.2) is 0 Å². The highest BCUT2D eigenvalue weighted by Gasteiger charge is 2.00. The molecule has 0 N–H and O–H groups in total. The standard InChI is InChI=1S/C19H26O2/c1-16(2)14-18(15-17-10-6-4-7-11-17)12-8-5-9-13-19(20)21-3/h4,6-7,10-12,14H,5,8-9,13,15H2,1-3H3/b18-12-.